The van der Waals surface area contributed by atoms with E-state index in [0.717, 1.165) is 26.6 Å². The lowest BCUT2D eigenvalue weighted by atomic mass is 10.1. The van der Waals surface area contributed by atoms with Gasteiger partial charge in [0.25, 0.3) is 5.91 Å². The molecule has 4 rings (SSSR count). The second-order valence-corrected chi connectivity index (χ2v) is 7.60. The molecule has 0 spiro atoms. The van der Waals surface area contributed by atoms with E-state index in [0.29, 0.717) is 18.5 Å². The van der Waals surface area contributed by atoms with E-state index in [1.807, 2.05) is 31.2 Å². The van der Waals surface area contributed by atoms with E-state index in [1.165, 1.54) is 12.1 Å². The van der Waals surface area contributed by atoms with Crippen LogP contribution < -0.4 is 0 Å². The Hall–Kier alpha value is -3.06. The predicted octanol–water partition coefficient (Wildman–Crippen LogP) is 4.46. The summed E-state index contributed by atoms with van der Waals surface area (Å²) in [5, 5.41) is 5.26. The topological polar surface area (TPSA) is 51.0 Å². The van der Waals surface area contributed by atoms with Crippen molar-refractivity contribution in [2.75, 3.05) is 7.05 Å². The Morgan fingerprint density at radius 1 is 1.18 bits per heavy atom. The van der Waals surface area contributed by atoms with Gasteiger partial charge >= 0.3 is 0 Å². The number of aromatic nitrogens is 3. The van der Waals surface area contributed by atoms with Crippen molar-refractivity contribution in [1.29, 1.82) is 0 Å². The minimum atomic E-state index is -0.305. The van der Waals surface area contributed by atoms with Crippen molar-refractivity contribution in [3.8, 4) is 5.69 Å². The second-order valence-electron chi connectivity index (χ2n) is 6.48. The highest BCUT2D eigenvalue weighted by atomic mass is 32.1. The van der Waals surface area contributed by atoms with E-state index in [9.17, 15) is 9.18 Å². The SMILES string of the molecule is CCc1c(C(=O)N(C)Cc2nc3ccccc3s2)cnn1-c1ccc(F)cc1. The number of thiazole rings is 1. The number of hydrogen-bond donors (Lipinski definition) is 0. The largest absolute Gasteiger partial charge is 0.335 e. The van der Waals surface area contributed by atoms with Gasteiger partial charge in [-0.05, 0) is 42.8 Å². The third-order valence-corrected chi connectivity index (χ3v) is 5.58. The first-order valence-electron chi connectivity index (χ1n) is 8.99. The van der Waals surface area contributed by atoms with Crippen molar-refractivity contribution in [1.82, 2.24) is 19.7 Å². The number of rotatable bonds is 5. The molecular weight excluding hydrogens is 375 g/mol. The molecule has 0 aliphatic carbocycles. The van der Waals surface area contributed by atoms with Crippen molar-refractivity contribution < 1.29 is 9.18 Å². The molecule has 0 aliphatic rings. The van der Waals surface area contributed by atoms with Crippen LogP contribution in [0.25, 0.3) is 15.9 Å². The van der Waals surface area contributed by atoms with E-state index in [4.69, 9.17) is 0 Å². The molecule has 0 radical (unpaired) electrons. The molecule has 7 heteroatoms. The monoisotopic (exact) mass is 394 g/mol. The number of nitrogens with zero attached hydrogens (tertiary/aromatic N) is 4. The molecule has 2 aromatic heterocycles. The van der Waals surface area contributed by atoms with Crippen molar-refractivity contribution >= 4 is 27.5 Å². The zero-order chi connectivity index (χ0) is 19.7. The Morgan fingerprint density at radius 3 is 2.64 bits per heavy atom. The number of fused-ring (bicyclic) bond motifs is 1. The summed E-state index contributed by atoms with van der Waals surface area (Å²) < 4.78 is 16.0. The molecule has 0 fully saturated rings. The summed E-state index contributed by atoms with van der Waals surface area (Å²) in [7, 11) is 1.77. The summed E-state index contributed by atoms with van der Waals surface area (Å²) in [4.78, 5) is 19.3. The molecule has 28 heavy (non-hydrogen) atoms. The fourth-order valence-electron chi connectivity index (χ4n) is 3.17. The van der Waals surface area contributed by atoms with Crippen LogP contribution in [0.5, 0.6) is 0 Å². The summed E-state index contributed by atoms with van der Waals surface area (Å²) >= 11 is 1.59. The highest BCUT2D eigenvalue weighted by molar-refractivity contribution is 7.18. The lowest BCUT2D eigenvalue weighted by Crippen LogP contribution is -2.26. The third kappa shape index (κ3) is 3.41. The molecule has 5 nitrogen and oxygen atoms in total. The zero-order valence-electron chi connectivity index (χ0n) is 15.6. The van der Waals surface area contributed by atoms with Gasteiger partial charge in [-0.25, -0.2) is 14.1 Å². The fraction of sp³-hybridized carbons (Fsp3) is 0.190. The van der Waals surface area contributed by atoms with Crippen LogP contribution in [0.2, 0.25) is 0 Å². The van der Waals surface area contributed by atoms with Crippen molar-refractivity contribution in [2.24, 2.45) is 0 Å². The first kappa shape index (κ1) is 18.3. The van der Waals surface area contributed by atoms with Gasteiger partial charge in [0.15, 0.2) is 0 Å². The van der Waals surface area contributed by atoms with Gasteiger partial charge in [-0.1, -0.05) is 19.1 Å². The highest BCUT2D eigenvalue weighted by Crippen LogP contribution is 2.23. The number of benzene rings is 2. The van der Waals surface area contributed by atoms with Crippen molar-refractivity contribution in [2.45, 2.75) is 19.9 Å². The molecule has 142 valence electrons. The van der Waals surface area contributed by atoms with Crippen LogP contribution >= 0.6 is 11.3 Å². The van der Waals surface area contributed by atoms with Crippen LogP contribution in [0, 0.1) is 5.82 Å². The summed E-state index contributed by atoms with van der Waals surface area (Å²) in [6.45, 7) is 2.41. The molecule has 0 unspecified atom stereocenters. The maximum absolute atomic E-state index is 13.2. The zero-order valence-corrected chi connectivity index (χ0v) is 16.4. The van der Waals surface area contributed by atoms with Gasteiger partial charge in [-0.15, -0.1) is 11.3 Å². The van der Waals surface area contributed by atoms with Crippen LogP contribution in [-0.4, -0.2) is 32.6 Å². The first-order chi connectivity index (χ1) is 13.6. The van der Waals surface area contributed by atoms with E-state index in [2.05, 4.69) is 10.1 Å². The molecule has 2 aromatic carbocycles. The number of halogens is 1. The maximum atomic E-state index is 13.2. The minimum absolute atomic E-state index is 0.107. The molecule has 1 amide bonds. The Morgan fingerprint density at radius 2 is 1.93 bits per heavy atom. The molecule has 0 bridgehead atoms. The molecule has 0 atom stereocenters. The number of amides is 1. The van der Waals surface area contributed by atoms with E-state index in [-0.39, 0.29) is 11.7 Å². The standard InChI is InChI=1S/C21H19FN4OS/c1-3-18-16(12-23-26(18)15-10-8-14(22)9-11-15)21(27)25(2)13-20-24-17-6-4-5-7-19(17)28-20/h4-12H,3,13H2,1-2H3. The third-order valence-electron chi connectivity index (χ3n) is 4.56. The summed E-state index contributed by atoms with van der Waals surface area (Å²) in [6, 6.07) is 14.0. The molecule has 2 heterocycles. The molecule has 0 saturated carbocycles. The summed E-state index contributed by atoms with van der Waals surface area (Å²) in [5.41, 5.74) is 3.02. The molecule has 4 aromatic rings. The average Bonchev–Trinajstić information content (AvgIpc) is 3.31. The van der Waals surface area contributed by atoms with Gasteiger partial charge in [0.1, 0.15) is 10.8 Å². The van der Waals surface area contributed by atoms with Crippen molar-refractivity contribution in [3.63, 3.8) is 0 Å². The van der Waals surface area contributed by atoms with Crippen LogP contribution in [-0.2, 0) is 13.0 Å². The van der Waals surface area contributed by atoms with Gasteiger partial charge in [-0.2, -0.15) is 5.10 Å². The Balaban J connectivity index is 1.59. The van der Waals surface area contributed by atoms with Crippen LogP contribution in [0.15, 0.2) is 54.7 Å². The lowest BCUT2D eigenvalue weighted by Gasteiger charge is -2.16. The number of carbonyl (C=O) groups excluding carboxylic acids is 1. The molecule has 0 N–H and O–H groups in total. The quantitative estimate of drug-likeness (QED) is 0.502. The maximum Gasteiger partial charge on any atom is 0.257 e. The van der Waals surface area contributed by atoms with Gasteiger partial charge in [0, 0.05) is 7.05 Å². The molecule has 0 aliphatic heterocycles. The lowest BCUT2D eigenvalue weighted by molar-refractivity contribution is 0.0784. The van der Waals surface area contributed by atoms with Crippen molar-refractivity contribution in [3.05, 3.63) is 76.8 Å². The first-order valence-corrected chi connectivity index (χ1v) is 9.81. The fourth-order valence-corrected chi connectivity index (χ4v) is 4.19. The smallest absolute Gasteiger partial charge is 0.257 e. The van der Waals surface area contributed by atoms with E-state index in [1.54, 1.807) is 46.3 Å². The minimum Gasteiger partial charge on any atom is -0.335 e. The molecular formula is C21H19FN4OS. The average molecular weight is 394 g/mol. The van der Waals surface area contributed by atoms with Gasteiger partial charge in [0.2, 0.25) is 0 Å². The Kier molecular flexibility index (Phi) is 4.92. The van der Waals surface area contributed by atoms with E-state index < -0.39 is 0 Å². The molecule has 0 saturated heterocycles. The normalized spacial score (nSPS) is 11.1. The van der Waals surface area contributed by atoms with Gasteiger partial charge in [0.05, 0.1) is 39.9 Å². The van der Waals surface area contributed by atoms with E-state index >= 15 is 0 Å². The Labute approximate surface area is 166 Å². The number of carbonyl (C=O) groups is 1. The summed E-state index contributed by atoms with van der Waals surface area (Å²) in [6.07, 6.45) is 2.22. The van der Waals surface area contributed by atoms with Gasteiger partial charge in [-0.3, -0.25) is 4.79 Å². The van der Waals surface area contributed by atoms with Crippen LogP contribution in [0.4, 0.5) is 4.39 Å². The number of para-hydroxylation sites is 1. The van der Waals surface area contributed by atoms with Crippen LogP contribution in [0.3, 0.4) is 0 Å². The summed E-state index contributed by atoms with van der Waals surface area (Å²) in [5.74, 6) is -0.412. The predicted molar refractivity (Wildman–Crippen MR) is 108 cm³/mol. The van der Waals surface area contributed by atoms with Crippen LogP contribution in [0.1, 0.15) is 28.0 Å². The number of hydrogen-bond acceptors (Lipinski definition) is 4. The van der Waals surface area contributed by atoms with Gasteiger partial charge < -0.3 is 4.90 Å². The second kappa shape index (κ2) is 7.52. The Bertz CT molecular complexity index is 1100. The highest BCUT2D eigenvalue weighted by Gasteiger charge is 2.21.